The predicted octanol–water partition coefficient (Wildman–Crippen LogP) is 2.03. The van der Waals surface area contributed by atoms with Gasteiger partial charge in [-0.15, -0.1) is 0 Å². The molecule has 1 rings (SSSR count). The molecule has 0 bridgehead atoms. The summed E-state index contributed by atoms with van der Waals surface area (Å²) in [4.78, 5) is -0.382. The van der Waals surface area contributed by atoms with Crippen LogP contribution in [0.2, 0.25) is 0 Å². The summed E-state index contributed by atoms with van der Waals surface area (Å²) in [6.45, 7) is 1.67. The van der Waals surface area contributed by atoms with Gasteiger partial charge in [0, 0.05) is 17.1 Å². The number of hydrogen-bond donors (Lipinski definition) is 2. The van der Waals surface area contributed by atoms with Crippen LogP contribution in [0.25, 0.3) is 0 Å². The fourth-order valence-corrected chi connectivity index (χ4v) is 3.36. The first-order valence-electron chi connectivity index (χ1n) is 5.45. The van der Waals surface area contributed by atoms with Crippen molar-refractivity contribution in [3.05, 3.63) is 28.5 Å². The van der Waals surface area contributed by atoms with Crippen molar-refractivity contribution in [1.29, 1.82) is 0 Å². The summed E-state index contributed by atoms with van der Waals surface area (Å²) in [6.07, 6.45) is 0.982. The van der Waals surface area contributed by atoms with Gasteiger partial charge in [0.1, 0.15) is 10.7 Å². The smallest absolute Gasteiger partial charge is 0.243 e. The van der Waals surface area contributed by atoms with Crippen LogP contribution in [0.5, 0.6) is 0 Å². The van der Waals surface area contributed by atoms with Crippen LogP contribution in [0.15, 0.2) is 27.6 Å². The van der Waals surface area contributed by atoms with E-state index in [9.17, 15) is 12.8 Å². The molecule has 0 saturated heterocycles. The summed E-state index contributed by atoms with van der Waals surface area (Å²) in [5, 5.41) is 8.67. The van der Waals surface area contributed by atoms with Crippen molar-refractivity contribution in [3.63, 3.8) is 0 Å². The van der Waals surface area contributed by atoms with E-state index < -0.39 is 15.8 Å². The lowest BCUT2D eigenvalue weighted by molar-refractivity contribution is 0.279. The first-order valence-corrected chi connectivity index (χ1v) is 7.72. The van der Waals surface area contributed by atoms with Crippen LogP contribution in [0.3, 0.4) is 0 Å². The molecule has 1 aromatic rings. The molecule has 0 aliphatic rings. The maximum absolute atomic E-state index is 13.5. The van der Waals surface area contributed by atoms with Gasteiger partial charge in [0.25, 0.3) is 0 Å². The van der Waals surface area contributed by atoms with E-state index in [1.165, 1.54) is 12.1 Å². The van der Waals surface area contributed by atoms with Gasteiger partial charge in [0.2, 0.25) is 10.0 Å². The highest BCUT2D eigenvalue weighted by Crippen LogP contribution is 2.20. The first-order chi connectivity index (χ1) is 8.36. The molecule has 2 N–H and O–H groups in total. The van der Waals surface area contributed by atoms with Crippen LogP contribution < -0.4 is 4.72 Å². The van der Waals surface area contributed by atoms with Gasteiger partial charge in [-0.3, -0.25) is 0 Å². The number of nitrogens with one attached hydrogen (secondary N) is 1. The fourth-order valence-electron chi connectivity index (χ4n) is 1.47. The number of hydrogen-bond acceptors (Lipinski definition) is 3. The lowest BCUT2D eigenvalue weighted by Crippen LogP contribution is -2.33. The molecular formula is C11H15BrFNO3S. The number of rotatable bonds is 6. The number of aliphatic hydroxyl groups is 1. The third kappa shape index (κ3) is 4.31. The van der Waals surface area contributed by atoms with Gasteiger partial charge in [-0.1, -0.05) is 15.9 Å². The van der Waals surface area contributed by atoms with E-state index in [-0.39, 0.29) is 17.5 Å². The van der Waals surface area contributed by atoms with E-state index in [1.807, 2.05) is 0 Å². The molecule has 0 fully saturated rings. The minimum Gasteiger partial charge on any atom is -0.396 e. The number of sulfonamides is 1. The van der Waals surface area contributed by atoms with Crippen LogP contribution in [0.4, 0.5) is 4.39 Å². The minimum atomic E-state index is -3.88. The van der Waals surface area contributed by atoms with Gasteiger partial charge in [-0.2, -0.15) is 0 Å². The molecule has 1 aromatic carbocycles. The Bertz CT molecular complexity index is 507. The third-order valence-corrected chi connectivity index (χ3v) is 4.43. The summed E-state index contributed by atoms with van der Waals surface area (Å²) in [5.74, 6) is -0.792. The normalized spacial score (nSPS) is 13.6. The van der Waals surface area contributed by atoms with Crippen molar-refractivity contribution in [2.75, 3.05) is 6.61 Å². The molecule has 7 heteroatoms. The standard InChI is InChI=1S/C11H15BrFNO3S/c1-8(3-2-6-15)14-18(16,17)11-7-9(12)4-5-10(11)13/h4-5,7-8,14-15H,2-3,6H2,1H3/t8-/m1/s1. The summed E-state index contributed by atoms with van der Waals surface area (Å²) >= 11 is 3.10. The maximum atomic E-state index is 13.5. The maximum Gasteiger partial charge on any atom is 0.243 e. The molecule has 0 saturated carbocycles. The largest absolute Gasteiger partial charge is 0.396 e. The highest BCUT2D eigenvalue weighted by atomic mass is 79.9. The second-order valence-corrected chi connectivity index (χ2v) is 6.56. The zero-order valence-electron chi connectivity index (χ0n) is 9.86. The van der Waals surface area contributed by atoms with Crippen molar-refractivity contribution in [2.24, 2.45) is 0 Å². The highest BCUT2D eigenvalue weighted by molar-refractivity contribution is 9.10. The van der Waals surface area contributed by atoms with Crippen LogP contribution in [-0.2, 0) is 10.0 Å². The summed E-state index contributed by atoms with van der Waals surface area (Å²) in [5.41, 5.74) is 0. The Balaban J connectivity index is 2.89. The quantitative estimate of drug-likeness (QED) is 0.833. The Morgan fingerprint density at radius 2 is 2.17 bits per heavy atom. The van der Waals surface area contributed by atoms with E-state index >= 15 is 0 Å². The molecule has 102 valence electrons. The topological polar surface area (TPSA) is 66.4 Å². The van der Waals surface area contributed by atoms with Crippen LogP contribution in [-0.4, -0.2) is 26.2 Å². The van der Waals surface area contributed by atoms with Crippen molar-refractivity contribution < 1.29 is 17.9 Å². The van der Waals surface area contributed by atoms with Gasteiger partial charge in [0.15, 0.2) is 0 Å². The summed E-state index contributed by atoms with van der Waals surface area (Å²) in [6, 6.07) is 3.39. The predicted molar refractivity (Wildman–Crippen MR) is 70.2 cm³/mol. The second-order valence-electron chi connectivity index (χ2n) is 3.96. The molecule has 0 aromatic heterocycles. The molecule has 0 aliphatic carbocycles. The highest BCUT2D eigenvalue weighted by Gasteiger charge is 2.21. The zero-order valence-corrected chi connectivity index (χ0v) is 12.3. The van der Waals surface area contributed by atoms with Gasteiger partial charge >= 0.3 is 0 Å². The van der Waals surface area contributed by atoms with Crippen molar-refractivity contribution in [2.45, 2.75) is 30.7 Å². The SMILES string of the molecule is C[C@H](CCCO)NS(=O)(=O)c1cc(Br)ccc1F. The molecule has 18 heavy (non-hydrogen) atoms. The average molecular weight is 340 g/mol. The Hall–Kier alpha value is -0.500. The molecule has 0 unspecified atom stereocenters. The lowest BCUT2D eigenvalue weighted by atomic mass is 10.2. The average Bonchev–Trinajstić information content (AvgIpc) is 2.29. The molecule has 0 amide bonds. The minimum absolute atomic E-state index is 0.00266. The van der Waals surface area contributed by atoms with Crippen molar-refractivity contribution in [3.8, 4) is 0 Å². The van der Waals surface area contributed by atoms with Crippen molar-refractivity contribution in [1.82, 2.24) is 4.72 Å². The molecule has 4 nitrogen and oxygen atoms in total. The first kappa shape index (κ1) is 15.6. The molecule has 0 radical (unpaired) electrons. The lowest BCUT2D eigenvalue weighted by Gasteiger charge is -2.14. The summed E-state index contributed by atoms with van der Waals surface area (Å²) in [7, 11) is -3.88. The van der Waals surface area contributed by atoms with E-state index in [2.05, 4.69) is 20.7 Å². The molecule has 1 atom stereocenters. The monoisotopic (exact) mass is 339 g/mol. The van der Waals surface area contributed by atoms with Gasteiger partial charge < -0.3 is 5.11 Å². The molecular weight excluding hydrogens is 325 g/mol. The Labute approximate surface area is 114 Å². The van der Waals surface area contributed by atoms with Crippen LogP contribution >= 0.6 is 15.9 Å². The van der Waals surface area contributed by atoms with E-state index in [1.54, 1.807) is 6.92 Å². The zero-order chi connectivity index (χ0) is 13.8. The number of aliphatic hydroxyl groups excluding tert-OH is 1. The fraction of sp³-hybridized carbons (Fsp3) is 0.455. The summed E-state index contributed by atoms with van der Waals surface area (Å²) < 4.78 is 40.2. The van der Waals surface area contributed by atoms with Gasteiger partial charge in [0.05, 0.1) is 0 Å². The Morgan fingerprint density at radius 1 is 1.50 bits per heavy atom. The van der Waals surface area contributed by atoms with E-state index in [0.717, 1.165) is 6.07 Å². The molecule has 0 aliphatic heterocycles. The van der Waals surface area contributed by atoms with Gasteiger partial charge in [-0.05, 0) is 38.0 Å². The number of halogens is 2. The van der Waals surface area contributed by atoms with Crippen molar-refractivity contribution >= 4 is 26.0 Å². The third-order valence-electron chi connectivity index (χ3n) is 2.33. The van der Waals surface area contributed by atoms with Crippen LogP contribution in [0, 0.1) is 5.82 Å². The van der Waals surface area contributed by atoms with Gasteiger partial charge in [-0.25, -0.2) is 17.5 Å². The number of benzene rings is 1. The van der Waals surface area contributed by atoms with Crippen LogP contribution in [0.1, 0.15) is 19.8 Å². The van der Waals surface area contributed by atoms with E-state index in [4.69, 9.17) is 5.11 Å². The molecule has 0 spiro atoms. The van der Waals surface area contributed by atoms with E-state index in [0.29, 0.717) is 17.3 Å². The Kier molecular flexibility index (Phi) is 5.71. The second kappa shape index (κ2) is 6.60. The molecule has 0 heterocycles. The Morgan fingerprint density at radius 3 is 2.78 bits per heavy atom.